The molecule has 23 heavy (non-hydrogen) atoms. The first-order valence-electron chi connectivity index (χ1n) is 8.37. The van der Waals surface area contributed by atoms with Gasteiger partial charge in [0.15, 0.2) is 0 Å². The van der Waals surface area contributed by atoms with E-state index in [1.54, 1.807) is 0 Å². The van der Waals surface area contributed by atoms with E-state index in [1.165, 1.54) is 5.56 Å². The van der Waals surface area contributed by atoms with Gasteiger partial charge >= 0.3 is 0 Å². The fourth-order valence-corrected chi connectivity index (χ4v) is 2.65. The molecule has 0 aromatic carbocycles. The Morgan fingerprint density at radius 3 is 2.61 bits per heavy atom. The minimum absolute atomic E-state index is 0.0244. The summed E-state index contributed by atoms with van der Waals surface area (Å²) in [6, 6.07) is -0.174. The first kappa shape index (κ1) is 19.4. The van der Waals surface area contributed by atoms with Crippen molar-refractivity contribution in [3.8, 4) is 0 Å². The molecule has 5 heteroatoms. The van der Waals surface area contributed by atoms with Crippen molar-refractivity contribution in [3.05, 3.63) is 29.1 Å². The Labute approximate surface area is 139 Å². The van der Waals surface area contributed by atoms with Gasteiger partial charge < -0.3 is 10.4 Å². The third kappa shape index (κ3) is 5.50. The number of aliphatic hydroxyl groups excluding tert-OH is 1. The molecule has 0 aliphatic heterocycles. The van der Waals surface area contributed by atoms with E-state index in [0.717, 1.165) is 29.8 Å². The summed E-state index contributed by atoms with van der Waals surface area (Å²) in [6.07, 6.45) is 2.11. The maximum atomic E-state index is 12.1. The Hall–Kier alpha value is -1.62. The van der Waals surface area contributed by atoms with Crippen LogP contribution in [-0.2, 0) is 17.8 Å². The van der Waals surface area contributed by atoms with E-state index in [4.69, 9.17) is 0 Å². The summed E-state index contributed by atoms with van der Waals surface area (Å²) in [6.45, 7) is 14.6. The highest BCUT2D eigenvalue weighted by molar-refractivity contribution is 5.76. The Bertz CT molecular complexity index is 549. The van der Waals surface area contributed by atoms with Crippen LogP contribution in [0.1, 0.15) is 50.6 Å². The summed E-state index contributed by atoms with van der Waals surface area (Å²) < 4.78 is 1.89. The Morgan fingerprint density at radius 1 is 1.43 bits per heavy atom. The predicted molar refractivity (Wildman–Crippen MR) is 93.3 cm³/mol. The van der Waals surface area contributed by atoms with Gasteiger partial charge in [-0.05, 0) is 38.7 Å². The van der Waals surface area contributed by atoms with E-state index in [1.807, 2.05) is 32.4 Å². The van der Waals surface area contributed by atoms with Crippen LogP contribution < -0.4 is 5.32 Å². The van der Waals surface area contributed by atoms with Crippen molar-refractivity contribution in [2.75, 3.05) is 6.61 Å². The molecule has 0 saturated heterocycles. The van der Waals surface area contributed by atoms with Gasteiger partial charge in [-0.25, -0.2) is 0 Å². The zero-order valence-electron chi connectivity index (χ0n) is 15.1. The molecule has 0 unspecified atom stereocenters. The van der Waals surface area contributed by atoms with E-state index in [9.17, 15) is 9.90 Å². The number of hydrogen-bond acceptors (Lipinski definition) is 3. The molecule has 130 valence electrons. The van der Waals surface area contributed by atoms with Crippen molar-refractivity contribution in [1.82, 2.24) is 15.1 Å². The van der Waals surface area contributed by atoms with Crippen molar-refractivity contribution in [2.45, 2.75) is 66.5 Å². The van der Waals surface area contributed by atoms with Gasteiger partial charge in [0.2, 0.25) is 5.91 Å². The number of amides is 1. The molecule has 1 aromatic rings. The highest BCUT2D eigenvalue weighted by atomic mass is 16.3. The Morgan fingerprint density at radius 2 is 2.09 bits per heavy atom. The molecule has 2 atom stereocenters. The fraction of sp³-hybridized carbons (Fsp3) is 0.667. The number of allylic oxidation sites excluding steroid dienone is 1. The van der Waals surface area contributed by atoms with Gasteiger partial charge in [-0.3, -0.25) is 9.48 Å². The smallest absolute Gasteiger partial charge is 0.222 e. The number of rotatable bonds is 9. The van der Waals surface area contributed by atoms with Crippen LogP contribution in [0.5, 0.6) is 0 Å². The van der Waals surface area contributed by atoms with Crippen molar-refractivity contribution in [3.63, 3.8) is 0 Å². The number of nitrogens with zero attached hydrogens (tertiary/aromatic N) is 2. The van der Waals surface area contributed by atoms with Gasteiger partial charge in [0, 0.05) is 18.7 Å². The molecule has 0 aliphatic rings. The van der Waals surface area contributed by atoms with E-state index in [-0.39, 0.29) is 24.5 Å². The lowest BCUT2D eigenvalue weighted by molar-refractivity contribution is -0.122. The van der Waals surface area contributed by atoms with Crippen LogP contribution in [0.15, 0.2) is 12.2 Å². The molecule has 1 aromatic heterocycles. The summed E-state index contributed by atoms with van der Waals surface area (Å²) in [4.78, 5) is 12.1. The lowest BCUT2D eigenvalue weighted by Gasteiger charge is -2.22. The highest BCUT2D eigenvalue weighted by Gasteiger charge is 2.18. The second-order valence-electron chi connectivity index (χ2n) is 6.50. The SMILES string of the molecule is C=C(C)Cc1c(C)nn(CCC(=O)N[C@H](CO)[C@H](C)CC)c1C. The average molecular weight is 321 g/mol. The summed E-state index contributed by atoms with van der Waals surface area (Å²) >= 11 is 0. The van der Waals surface area contributed by atoms with Crippen LogP contribution in [0.3, 0.4) is 0 Å². The first-order valence-corrected chi connectivity index (χ1v) is 8.37. The van der Waals surface area contributed by atoms with E-state index < -0.39 is 0 Å². The standard InChI is InChI=1S/C18H31N3O2/c1-7-13(4)17(11-22)19-18(23)8-9-21-15(6)16(10-12(2)3)14(5)20-21/h13,17,22H,2,7-11H2,1,3-6H3,(H,19,23)/t13-,17-/m1/s1. The van der Waals surface area contributed by atoms with Gasteiger partial charge in [0.05, 0.1) is 18.3 Å². The summed E-state index contributed by atoms with van der Waals surface area (Å²) in [5, 5.41) is 16.8. The maximum Gasteiger partial charge on any atom is 0.222 e. The van der Waals surface area contributed by atoms with Crippen LogP contribution in [0.25, 0.3) is 0 Å². The average Bonchev–Trinajstić information content (AvgIpc) is 2.77. The Balaban J connectivity index is 2.64. The molecule has 0 spiro atoms. The molecule has 1 rings (SSSR count). The van der Waals surface area contributed by atoms with Gasteiger partial charge in [0.25, 0.3) is 0 Å². The van der Waals surface area contributed by atoms with E-state index in [0.29, 0.717) is 13.0 Å². The number of hydrogen-bond donors (Lipinski definition) is 2. The van der Waals surface area contributed by atoms with E-state index >= 15 is 0 Å². The number of aliphatic hydroxyl groups is 1. The minimum atomic E-state index is -0.174. The Kier molecular flexibility index (Phi) is 7.49. The molecule has 0 bridgehead atoms. The third-order valence-electron chi connectivity index (χ3n) is 4.43. The maximum absolute atomic E-state index is 12.1. The molecule has 0 fully saturated rings. The normalized spacial score (nSPS) is 13.7. The molecule has 1 heterocycles. The lowest BCUT2D eigenvalue weighted by Crippen LogP contribution is -2.42. The molecule has 1 amide bonds. The number of aromatic nitrogens is 2. The second kappa shape index (κ2) is 8.87. The van der Waals surface area contributed by atoms with Crippen LogP contribution in [0.4, 0.5) is 0 Å². The monoisotopic (exact) mass is 321 g/mol. The third-order valence-corrected chi connectivity index (χ3v) is 4.43. The van der Waals surface area contributed by atoms with Gasteiger partial charge in [-0.1, -0.05) is 32.4 Å². The second-order valence-corrected chi connectivity index (χ2v) is 6.50. The topological polar surface area (TPSA) is 67.2 Å². The molecule has 0 aliphatic carbocycles. The van der Waals surface area contributed by atoms with Crippen LogP contribution in [0.2, 0.25) is 0 Å². The largest absolute Gasteiger partial charge is 0.394 e. The molecule has 0 saturated carbocycles. The molecule has 0 radical (unpaired) electrons. The molecular weight excluding hydrogens is 290 g/mol. The van der Waals surface area contributed by atoms with Gasteiger partial charge in [-0.15, -0.1) is 0 Å². The lowest BCUT2D eigenvalue weighted by atomic mass is 10.00. The molecular formula is C18H31N3O2. The number of carbonyl (C=O) groups is 1. The minimum Gasteiger partial charge on any atom is -0.394 e. The number of carbonyl (C=O) groups excluding carboxylic acids is 1. The number of aryl methyl sites for hydroxylation is 2. The summed E-state index contributed by atoms with van der Waals surface area (Å²) in [5.41, 5.74) is 4.40. The zero-order chi connectivity index (χ0) is 17.6. The predicted octanol–water partition coefficient (Wildman–Crippen LogP) is 2.53. The fourth-order valence-electron chi connectivity index (χ4n) is 2.65. The summed E-state index contributed by atoms with van der Waals surface area (Å²) in [7, 11) is 0. The number of nitrogens with one attached hydrogen (secondary N) is 1. The van der Waals surface area contributed by atoms with Crippen molar-refractivity contribution in [2.24, 2.45) is 5.92 Å². The van der Waals surface area contributed by atoms with Crippen molar-refractivity contribution >= 4 is 5.91 Å². The van der Waals surface area contributed by atoms with Gasteiger partial charge in [0.1, 0.15) is 0 Å². The molecule has 2 N–H and O–H groups in total. The van der Waals surface area contributed by atoms with Crippen LogP contribution in [0, 0.1) is 19.8 Å². The quantitative estimate of drug-likeness (QED) is 0.687. The summed E-state index contributed by atoms with van der Waals surface area (Å²) in [5.74, 6) is 0.221. The van der Waals surface area contributed by atoms with Gasteiger partial charge in [-0.2, -0.15) is 5.10 Å². The van der Waals surface area contributed by atoms with E-state index in [2.05, 4.69) is 23.9 Å². The molecule has 5 nitrogen and oxygen atoms in total. The highest BCUT2D eigenvalue weighted by Crippen LogP contribution is 2.17. The first-order chi connectivity index (χ1) is 10.8. The van der Waals surface area contributed by atoms with Crippen LogP contribution in [-0.4, -0.2) is 33.4 Å². The van der Waals surface area contributed by atoms with Crippen molar-refractivity contribution < 1.29 is 9.90 Å². The van der Waals surface area contributed by atoms with Crippen molar-refractivity contribution in [1.29, 1.82) is 0 Å². The zero-order valence-corrected chi connectivity index (χ0v) is 15.1. The van der Waals surface area contributed by atoms with Crippen LogP contribution >= 0.6 is 0 Å².